The van der Waals surface area contributed by atoms with Gasteiger partial charge in [0.2, 0.25) is 5.91 Å². The number of rotatable bonds is 3. The van der Waals surface area contributed by atoms with E-state index in [2.05, 4.69) is 37.2 Å². The standard InChI is InChI=1S/C14H14Br2N2O3/c1-3-14(4-2)11(19)17-13(21)18(12(14)20)10-7-8(15)5-6-9(10)16/h5-7H,3-4H2,1-2H3,(H,17,19,21). The van der Waals surface area contributed by atoms with Gasteiger partial charge in [0.15, 0.2) is 0 Å². The van der Waals surface area contributed by atoms with Gasteiger partial charge in [0.1, 0.15) is 5.41 Å². The molecule has 112 valence electrons. The van der Waals surface area contributed by atoms with E-state index < -0.39 is 23.3 Å². The van der Waals surface area contributed by atoms with Gasteiger partial charge >= 0.3 is 6.03 Å². The number of hydrogen-bond acceptors (Lipinski definition) is 3. The molecule has 0 atom stereocenters. The number of urea groups is 1. The van der Waals surface area contributed by atoms with Gasteiger partial charge in [-0.05, 0) is 47.0 Å². The maximum Gasteiger partial charge on any atom is 0.335 e. The van der Waals surface area contributed by atoms with Crippen LogP contribution in [0, 0.1) is 5.41 Å². The molecule has 0 spiro atoms. The van der Waals surface area contributed by atoms with Crippen LogP contribution < -0.4 is 10.2 Å². The monoisotopic (exact) mass is 416 g/mol. The first-order valence-corrected chi connectivity index (χ1v) is 8.11. The van der Waals surface area contributed by atoms with Crippen LogP contribution >= 0.6 is 31.9 Å². The summed E-state index contributed by atoms with van der Waals surface area (Å²) in [4.78, 5) is 38.1. The highest BCUT2D eigenvalue weighted by atomic mass is 79.9. The first-order valence-electron chi connectivity index (χ1n) is 6.52. The zero-order valence-electron chi connectivity index (χ0n) is 11.6. The fraction of sp³-hybridized carbons (Fsp3) is 0.357. The molecule has 2 rings (SSSR count). The average Bonchev–Trinajstić information content (AvgIpc) is 2.44. The van der Waals surface area contributed by atoms with Gasteiger partial charge in [-0.2, -0.15) is 0 Å². The number of nitrogens with one attached hydrogen (secondary N) is 1. The molecule has 0 saturated carbocycles. The molecule has 1 heterocycles. The fourth-order valence-corrected chi connectivity index (χ4v) is 3.20. The van der Waals surface area contributed by atoms with Gasteiger partial charge in [0, 0.05) is 8.95 Å². The minimum Gasteiger partial charge on any atom is -0.276 e. The van der Waals surface area contributed by atoms with Crippen LogP contribution in [0.1, 0.15) is 26.7 Å². The van der Waals surface area contributed by atoms with E-state index in [9.17, 15) is 14.4 Å². The highest BCUT2D eigenvalue weighted by molar-refractivity contribution is 9.11. The number of imide groups is 2. The van der Waals surface area contributed by atoms with Crippen LogP contribution in [0.25, 0.3) is 0 Å². The Hall–Kier alpha value is -1.21. The Morgan fingerprint density at radius 2 is 1.76 bits per heavy atom. The van der Waals surface area contributed by atoms with E-state index in [0.717, 1.165) is 9.37 Å². The Morgan fingerprint density at radius 3 is 2.33 bits per heavy atom. The molecule has 0 bridgehead atoms. The van der Waals surface area contributed by atoms with Crippen molar-refractivity contribution in [3.63, 3.8) is 0 Å². The van der Waals surface area contributed by atoms with Crippen LogP contribution in [0.5, 0.6) is 0 Å². The Bertz CT molecular complexity index is 627. The lowest BCUT2D eigenvalue weighted by Crippen LogP contribution is -2.64. The predicted octanol–water partition coefficient (Wildman–Crippen LogP) is 3.60. The third kappa shape index (κ3) is 2.53. The average molecular weight is 418 g/mol. The molecule has 0 unspecified atom stereocenters. The number of nitrogens with zero attached hydrogens (tertiary/aromatic N) is 1. The maximum atomic E-state index is 12.8. The molecule has 0 radical (unpaired) electrons. The lowest BCUT2D eigenvalue weighted by atomic mass is 9.78. The van der Waals surface area contributed by atoms with Crippen molar-refractivity contribution in [3.8, 4) is 0 Å². The lowest BCUT2D eigenvalue weighted by Gasteiger charge is -2.38. The van der Waals surface area contributed by atoms with Gasteiger partial charge in [0.25, 0.3) is 5.91 Å². The SMILES string of the molecule is CCC1(CC)C(=O)NC(=O)N(c2cc(Br)ccc2Br)C1=O. The molecule has 21 heavy (non-hydrogen) atoms. The summed E-state index contributed by atoms with van der Waals surface area (Å²) in [6.45, 7) is 3.54. The zero-order valence-corrected chi connectivity index (χ0v) is 14.7. The van der Waals surface area contributed by atoms with Crippen LogP contribution in [-0.2, 0) is 9.59 Å². The minimum absolute atomic E-state index is 0.337. The normalized spacial score (nSPS) is 17.9. The summed E-state index contributed by atoms with van der Waals surface area (Å²) >= 11 is 6.66. The smallest absolute Gasteiger partial charge is 0.276 e. The maximum absolute atomic E-state index is 12.8. The van der Waals surface area contributed by atoms with Crippen molar-refractivity contribution in [2.75, 3.05) is 4.90 Å². The van der Waals surface area contributed by atoms with E-state index in [1.54, 1.807) is 32.0 Å². The van der Waals surface area contributed by atoms with Gasteiger partial charge < -0.3 is 0 Å². The summed E-state index contributed by atoms with van der Waals surface area (Å²) in [7, 11) is 0. The van der Waals surface area contributed by atoms with Crippen molar-refractivity contribution in [3.05, 3.63) is 27.1 Å². The van der Waals surface area contributed by atoms with Crippen LogP contribution in [0.15, 0.2) is 27.1 Å². The van der Waals surface area contributed by atoms with Crippen LogP contribution in [0.3, 0.4) is 0 Å². The molecule has 1 aromatic carbocycles. The Balaban J connectivity index is 2.57. The van der Waals surface area contributed by atoms with Crippen molar-refractivity contribution in [1.82, 2.24) is 5.32 Å². The van der Waals surface area contributed by atoms with Crippen molar-refractivity contribution in [2.24, 2.45) is 5.41 Å². The molecule has 1 saturated heterocycles. The van der Waals surface area contributed by atoms with E-state index in [-0.39, 0.29) is 0 Å². The lowest BCUT2D eigenvalue weighted by molar-refractivity contribution is -0.143. The number of anilines is 1. The number of hydrogen-bond donors (Lipinski definition) is 1. The summed E-state index contributed by atoms with van der Waals surface area (Å²) in [6.07, 6.45) is 0.674. The minimum atomic E-state index is -1.20. The van der Waals surface area contributed by atoms with Crippen molar-refractivity contribution in [1.29, 1.82) is 0 Å². The quantitative estimate of drug-likeness (QED) is 0.764. The van der Waals surface area contributed by atoms with E-state index in [1.165, 1.54) is 0 Å². The van der Waals surface area contributed by atoms with Crippen LogP contribution in [0.4, 0.5) is 10.5 Å². The fourth-order valence-electron chi connectivity index (χ4n) is 2.43. The first-order chi connectivity index (χ1) is 9.87. The molecular formula is C14H14Br2N2O3. The molecular weight excluding hydrogens is 404 g/mol. The molecule has 1 aliphatic rings. The molecule has 1 N–H and O–H groups in total. The summed E-state index contributed by atoms with van der Waals surface area (Å²) in [5, 5.41) is 2.29. The topological polar surface area (TPSA) is 66.5 Å². The molecule has 7 heteroatoms. The molecule has 0 aromatic heterocycles. The van der Waals surface area contributed by atoms with E-state index in [0.29, 0.717) is 23.0 Å². The highest BCUT2D eigenvalue weighted by Crippen LogP contribution is 2.38. The van der Waals surface area contributed by atoms with Gasteiger partial charge in [-0.25, -0.2) is 9.69 Å². The van der Waals surface area contributed by atoms with Crippen LogP contribution in [-0.4, -0.2) is 17.8 Å². The first kappa shape index (κ1) is 16.2. The second-order valence-electron chi connectivity index (χ2n) is 4.78. The summed E-state index contributed by atoms with van der Waals surface area (Å²) in [5.41, 5.74) is -0.791. The van der Waals surface area contributed by atoms with E-state index in [4.69, 9.17) is 0 Å². The number of halogens is 2. The Morgan fingerprint density at radius 1 is 1.14 bits per heavy atom. The molecule has 1 aliphatic heterocycles. The van der Waals surface area contributed by atoms with E-state index >= 15 is 0 Å². The number of carbonyl (C=O) groups excluding carboxylic acids is 3. The third-order valence-electron chi connectivity index (χ3n) is 3.83. The van der Waals surface area contributed by atoms with Gasteiger partial charge in [0.05, 0.1) is 5.69 Å². The summed E-state index contributed by atoms with van der Waals surface area (Å²) in [5.74, 6) is -1.01. The largest absolute Gasteiger partial charge is 0.335 e. The Kier molecular flexibility index (Phi) is 4.53. The predicted molar refractivity (Wildman–Crippen MR) is 85.9 cm³/mol. The summed E-state index contributed by atoms with van der Waals surface area (Å²) < 4.78 is 1.33. The number of amides is 4. The van der Waals surface area contributed by atoms with Gasteiger partial charge in [-0.3, -0.25) is 14.9 Å². The molecule has 1 fully saturated rings. The zero-order chi connectivity index (χ0) is 15.8. The van der Waals surface area contributed by atoms with Crippen molar-refractivity contribution in [2.45, 2.75) is 26.7 Å². The summed E-state index contributed by atoms with van der Waals surface area (Å²) in [6, 6.07) is 4.46. The highest BCUT2D eigenvalue weighted by Gasteiger charge is 2.52. The second kappa shape index (κ2) is 5.88. The molecule has 1 aromatic rings. The van der Waals surface area contributed by atoms with Crippen molar-refractivity contribution >= 4 is 55.4 Å². The van der Waals surface area contributed by atoms with Gasteiger partial charge in [-0.15, -0.1) is 0 Å². The molecule has 5 nitrogen and oxygen atoms in total. The molecule has 0 aliphatic carbocycles. The molecule has 4 amide bonds. The third-order valence-corrected chi connectivity index (χ3v) is 4.99. The van der Waals surface area contributed by atoms with Gasteiger partial charge in [-0.1, -0.05) is 29.8 Å². The number of carbonyl (C=O) groups is 3. The van der Waals surface area contributed by atoms with Crippen molar-refractivity contribution < 1.29 is 14.4 Å². The number of benzene rings is 1. The van der Waals surface area contributed by atoms with Crippen LogP contribution in [0.2, 0.25) is 0 Å². The van der Waals surface area contributed by atoms with E-state index in [1.807, 2.05) is 0 Å². The second-order valence-corrected chi connectivity index (χ2v) is 6.55. The number of barbiturate groups is 1. The Labute approximate surface area is 139 Å².